The van der Waals surface area contributed by atoms with E-state index in [9.17, 15) is 9.18 Å². The van der Waals surface area contributed by atoms with E-state index in [-0.39, 0.29) is 17.0 Å². The van der Waals surface area contributed by atoms with Crippen LogP contribution in [0.4, 0.5) is 4.39 Å². The quantitative estimate of drug-likeness (QED) is 0.166. The van der Waals surface area contributed by atoms with E-state index < -0.39 is 11.8 Å². The van der Waals surface area contributed by atoms with Gasteiger partial charge in [-0.3, -0.25) is 10.4 Å². The summed E-state index contributed by atoms with van der Waals surface area (Å²) in [4.78, 5) is 18.4. The van der Waals surface area contributed by atoms with Crippen molar-refractivity contribution in [2.45, 2.75) is 34.2 Å². The molecule has 2 aromatic carbocycles. The van der Waals surface area contributed by atoms with Gasteiger partial charge in [0.2, 0.25) is 0 Å². The summed E-state index contributed by atoms with van der Waals surface area (Å²) in [5.74, 6) is -1.46. The molecule has 0 bridgehead atoms. The molecule has 1 aromatic heterocycles. The predicted octanol–water partition coefficient (Wildman–Crippen LogP) is 5.13. The number of nitrogens with zero attached hydrogens (tertiary/aromatic N) is 2. The molecule has 2 N–H and O–H groups in total. The molecule has 0 radical (unpaired) electrons. The molecule has 0 unspecified atom stereocenters. The van der Waals surface area contributed by atoms with Crippen molar-refractivity contribution in [3.63, 3.8) is 0 Å². The molecule has 0 fully saturated rings. The Hall–Kier alpha value is -3.26. The number of carbonyl (C=O) groups is 1. The fourth-order valence-electron chi connectivity index (χ4n) is 3.07. The minimum Gasteiger partial charge on any atom is -0.420 e. The predicted molar refractivity (Wildman–Crippen MR) is 132 cm³/mol. The van der Waals surface area contributed by atoms with Gasteiger partial charge in [-0.25, -0.2) is 9.18 Å². The number of aromatic nitrogens is 1. The first kappa shape index (κ1) is 24.4. The molecule has 3 rings (SSSR count). The number of hydrogen-bond donors (Lipinski definition) is 2. The van der Waals surface area contributed by atoms with Crippen molar-refractivity contribution < 1.29 is 13.9 Å². The Bertz CT molecular complexity index is 1300. The van der Waals surface area contributed by atoms with Gasteiger partial charge in [0.1, 0.15) is 5.84 Å². The number of thiazole rings is 1. The second-order valence-corrected chi connectivity index (χ2v) is 9.46. The molecular formula is C25H29FN4O2S. The minimum absolute atomic E-state index is 0.0759. The first-order valence-electron chi connectivity index (χ1n) is 10.7. The average molecular weight is 469 g/mol. The summed E-state index contributed by atoms with van der Waals surface area (Å²) < 4.78 is 22.7. The highest BCUT2D eigenvalue weighted by atomic mass is 32.1. The van der Waals surface area contributed by atoms with E-state index in [0.717, 1.165) is 33.2 Å². The smallest absolute Gasteiger partial charge is 0.343 e. The maximum absolute atomic E-state index is 14.4. The molecule has 0 saturated carbocycles. The Morgan fingerprint density at radius 1 is 1.27 bits per heavy atom. The molecule has 0 aliphatic heterocycles. The SMILES string of the molecule is C=C(C)C(C)(C)C/N=c1\sc2cc(C(=O)Oc3ccc(C(=N)NC)cc3F)ccc2n1CC. The fourth-order valence-corrected chi connectivity index (χ4v) is 4.20. The maximum Gasteiger partial charge on any atom is 0.343 e. The van der Waals surface area contributed by atoms with Crippen LogP contribution in [0.25, 0.3) is 10.2 Å². The van der Waals surface area contributed by atoms with E-state index in [4.69, 9.17) is 15.1 Å². The second-order valence-electron chi connectivity index (χ2n) is 8.45. The average Bonchev–Trinajstić information content (AvgIpc) is 3.15. The van der Waals surface area contributed by atoms with Crippen molar-refractivity contribution in [1.29, 1.82) is 5.41 Å². The fraction of sp³-hybridized carbons (Fsp3) is 0.320. The highest BCUT2D eigenvalue weighted by molar-refractivity contribution is 7.16. The van der Waals surface area contributed by atoms with Gasteiger partial charge >= 0.3 is 5.97 Å². The van der Waals surface area contributed by atoms with E-state index >= 15 is 0 Å². The molecule has 0 atom stereocenters. The zero-order valence-corrected chi connectivity index (χ0v) is 20.4. The molecule has 0 spiro atoms. The van der Waals surface area contributed by atoms with Gasteiger partial charge in [0, 0.05) is 24.6 Å². The van der Waals surface area contributed by atoms with Gasteiger partial charge in [0.15, 0.2) is 16.4 Å². The van der Waals surface area contributed by atoms with Gasteiger partial charge in [-0.2, -0.15) is 0 Å². The van der Waals surface area contributed by atoms with Gasteiger partial charge < -0.3 is 14.6 Å². The zero-order valence-electron chi connectivity index (χ0n) is 19.6. The van der Waals surface area contributed by atoms with Crippen molar-refractivity contribution in [3.05, 3.63) is 70.3 Å². The molecule has 1 heterocycles. The van der Waals surface area contributed by atoms with Gasteiger partial charge in [-0.1, -0.05) is 37.3 Å². The Morgan fingerprint density at radius 3 is 2.58 bits per heavy atom. The molecule has 174 valence electrons. The van der Waals surface area contributed by atoms with E-state index in [1.807, 2.05) is 13.0 Å². The molecule has 0 saturated heterocycles. The Balaban J connectivity index is 1.90. The summed E-state index contributed by atoms with van der Waals surface area (Å²) in [5, 5.41) is 10.4. The lowest BCUT2D eigenvalue weighted by Crippen LogP contribution is -2.21. The zero-order chi connectivity index (χ0) is 24.3. The lowest BCUT2D eigenvalue weighted by atomic mass is 9.86. The van der Waals surface area contributed by atoms with Crippen LogP contribution in [0.15, 0.2) is 53.5 Å². The molecular weight excluding hydrogens is 439 g/mol. The van der Waals surface area contributed by atoms with E-state index in [1.165, 1.54) is 23.5 Å². The van der Waals surface area contributed by atoms with Crippen LogP contribution in [-0.2, 0) is 6.54 Å². The number of nitrogens with one attached hydrogen (secondary N) is 2. The summed E-state index contributed by atoms with van der Waals surface area (Å²) >= 11 is 1.50. The highest BCUT2D eigenvalue weighted by Gasteiger charge is 2.19. The monoisotopic (exact) mass is 468 g/mol. The van der Waals surface area contributed by atoms with Crippen LogP contribution < -0.4 is 14.9 Å². The van der Waals surface area contributed by atoms with Crippen molar-refractivity contribution in [3.8, 4) is 5.75 Å². The highest BCUT2D eigenvalue weighted by Crippen LogP contribution is 2.25. The molecule has 8 heteroatoms. The number of rotatable bonds is 7. The van der Waals surface area contributed by atoms with Crippen molar-refractivity contribution in [2.75, 3.05) is 13.6 Å². The number of ether oxygens (including phenoxy) is 1. The maximum atomic E-state index is 14.4. The summed E-state index contributed by atoms with van der Waals surface area (Å²) in [6, 6.07) is 9.33. The number of fused-ring (bicyclic) bond motifs is 1. The molecule has 0 amide bonds. The van der Waals surface area contributed by atoms with E-state index in [1.54, 1.807) is 19.2 Å². The molecule has 0 aliphatic rings. The normalized spacial score (nSPS) is 12.1. The third kappa shape index (κ3) is 5.22. The summed E-state index contributed by atoms with van der Waals surface area (Å²) in [6.07, 6.45) is 0. The number of carbonyl (C=O) groups excluding carboxylic acids is 1. The van der Waals surface area contributed by atoms with Gasteiger partial charge in [-0.15, -0.1) is 0 Å². The molecule has 33 heavy (non-hydrogen) atoms. The lowest BCUT2D eigenvalue weighted by Gasteiger charge is -2.22. The van der Waals surface area contributed by atoms with Crippen molar-refractivity contribution in [1.82, 2.24) is 9.88 Å². The minimum atomic E-state index is -0.705. The van der Waals surface area contributed by atoms with E-state index in [2.05, 4.69) is 37.2 Å². The largest absolute Gasteiger partial charge is 0.420 e. The van der Waals surface area contributed by atoms with Crippen molar-refractivity contribution >= 4 is 33.4 Å². The molecule has 0 aliphatic carbocycles. The van der Waals surface area contributed by atoms with Crippen LogP contribution in [0.3, 0.4) is 0 Å². The van der Waals surface area contributed by atoms with Crippen LogP contribution in [0.1, 0.15) is 43.6 Å². The first-order valence-corrected chi connectivity index (χ1v) is 11.5. The Kier molecular flexibility index (Phi) is 7.17. The van der Waals surface area contributed by atoms with Gasteiger partial charge in [0.25, 0.3) is 0 Å². The summed E-state index contributed by atoms with van der Waals surface area (Å²) in [5.41, 5.74) is 2.63. The van der Waals surface area contributed by atoms with Crippen LogP contribution >= 0.6 is 11.3 Å². The number of benzene rings is 2. The number of amidine groups is 1. The number of hydrogen-bond acceptors (Lipinski definition) is 5. The second kappa shape index (κ2) is 9.70. The van der Waals surface area contributed by atoms with Gasteiger partial charge in [0.05, 0.1) is 22.3 Å². The van der Waals surface area contributed by atoms with Crippen LogP contribution in [-0.4, -0.2) is 30.0 Å². The van der Waals surface area contributed by atoms with Crippen molar-refractivity contribution in [2.24, 2.45) is 10.4 Å². The first-order chi connectivity index (χ1) is 15.6. The molecule has 3 aromatic rings. The third-order valence-corrected chi connectivity index (χ3v) is 6.75. The summed E-state index contributed by atoms with van der Waals surface area (Å²) in [6.45, 7) is 13.7. The number of halogens is 1. The van der Waals surface area contributed by atoms with E-state index in [0.29, 0.717) is 17.7 Å². The topological polar surface area (TPSA) is 79.5 Å². The Morgan fingerprint density at radius 2 is 1.97 bits per heavy atom. The standard InChI is InChI=1S/C25H29FN4O2S/c1-7-30-19-10-8-17(13-21(19)33-24(30)29-14-25(4,5)15(2)3)23(31)32-20-11-9-16(12-18(20)26)22(27)28-6/h8-13H,2,7,14H2,1,3-6H3,(H2,27,28)/b29-24-. The lowest BCUT2D eigenvalue weighted by molar-refractivity contribution is 0.0728. The van der Waals surface area contributed by atoms with Gasteiger partial charge in [-0.05, 0) is 50.2 Å². The van der Waals surface area contributed by atoms with Crippen LogP contribution in [0, 0.1) is 16.6 Å². The molecule has 6 nitrogen and oxygen atoms in total. The van der Waals surface area contributed by atoms with Crippen LogP contribution in [0.5, 0.6) is 5.75 Å². The third-order valence-electron chi connectivity index (χ3n) is 5.67. The summed E-state index contributed by atoms with van der Waals surface area (Å²) in [7, 11) is 1.58. The number of esters is 1. The van der Waals surface area contributed by atoms with Crippen LogP contribution in [0.2, 0.25) is 0 Å². The number of aryl methyl sites for hydroxylation is 1. The Labute approximate surface area is 197 Å².